The number of rotatable bonds is 3. The number of hydrogen-bond donors (Lipinski definition) is 2. The van der Waals surface area contributed by atoms with Gasteiger partial charge in [0.05, 0.1) is 6.61 Å². The van der Waals surface area contributed by atoms with Gasteiger partial charge >= 0.3 is 0 Å². The molecule has 0 radical (unpaired) electrons. The van der Waals surface area contributed by atoms with Gasteiger partial charge in [-0.05, 0) is 27.4 Å². The number of nitrogens with one attached hydrogen (secondary N) is 1. The lowest BCUT2D eigenvalue weighted by molar-refractivity contribution is -0.155. The van der Waals surface area contributed by atoms with Crippen molar-refractivity contribution in [2.45, 2.75) is 38.5 Å². The van der Waals surface area contributed by atoms with Crippen molar-refractivity contribution >= 4 is 11.8 Å². The van der Waals surface area contributed by atoms with Crippen LogP contribution in [-0.2, 0) is 24.0 Å². The third kappa shape index (κ3) is 6.05. The summed E-state index contributed by atoms with van der Waals surface area (Å²) in [7, 11) is 3.13. The molecule has 2 fully saturated rings. The van der Waals surface area contributed by atoms with Gasteiger partial charge < -0.3 is 15.8 Å². The molecule has 2 saturated heterocycles. The van der Waals surface area contributed by atoms with Gasteiger partial charge in [-0.25, -0.2) is 10.1 Å². The number of hydroxylamine groups is 4. The van der Waals surface area contributed by atoms with Crippen LogP contribution in [0.1, 0.15) is 20.8 Å². The number of carbonyl (C=O) groups is 2. The Kier molecular flexibility index (Phi) is 6.37. The zero-order valence-electron chi connectivity index (χ0n) is 14.3. The van der Waals surface area contributed by atoms with E-state index in [0.717, 1.165) is 5.06 Å². The van der Waals surface area contributed by atoms with Crippen molar-refractivity contribution in [3.05, 3.63) is 12.5 Å². The monoisotopic (exact) mass is 330 g/mol. The number of carbonyl (C=O) groups excluding carboxylic acids is 2. The molecule has 0 spiro atoms. The summed E-state index contributed by atoms with van der Waals surface area (Å²) in [5.41, 5.74) is 4.93. The maximum atomic E-state index is 11.4. The van der Waals surface area contributed by atoms with Crippen LogP contribution in [0.3, 0.4) is 0 Å². The van der Waals surface area contributed by atoms with Crippen LogP contribution in [0.4, 0.5) is 0 Å². The zero-order chi connectivity index (χ0) is 17.8. The molecule has 0 bridgehead atoms. The fourth-order valence-corrected chi connectivity index (χ4v) is 1.80. The van der Waals surface area contributed by atoms with Crippen LogP contribution >= 0.6 is 0 Å². The van der Waals surface area contributed by atoms with E-state index in [0.29, 0.717) is 19.1 Å². The van der Waals surface area contributed by atoms with Gasteiger partial charge in [-0.1, -0.05) is 0 Å². The van der Waals surface area contributed by atoms with Gasteiger partial charge in [0, 0.05) is 14.1 Å². The molecule has 2 unspecified atom stereocenters. The lowest BCUT2D eigenvalue weighted by Gasteiger charge is -2.24. The Morgan fingerprint density at radius 2 is 1.74 bits per heavy atom. The van der Waals surface area contributed by atoms with Crippen molar-refractivity contribution in [1.29, 1.82) is 0 Å². The van der Waals surface area contributed by atoms with Crippen molar-refractivity contribution < 1.29 is 24.0 Å². The van der Waals surface area contributed by atoms with Gasteiger partial charge in [0.25, 0.3) is 11.8 Å². The third-order valence-corrected chi connectivity index (χ3v) is 2.88. The Bertz CT molecular complexity index is 451. The molecule has 2 rings (SSSR count). The van der Waals surface area contributed by atoms with Crippen LogP contribution in [0.2, 0.25) is 0 Å². The Balaban J connectivity index is 0.000000277. The van der Waals surface area contributed by atoms with Crippen LogP contribution in [0.25, 0.3) is 0 Å². The van der Waals surface area contributed by atoms with E-state index in [4.69, 9.17) is 20.1 Å². The first kappa shape index (κ1) is 19.2. The Morgan fingerprint density at radius 3 is 2.04 bits per heavy atom. The second kappa shape index (κ2) is 7.62. The second-order valence-electron chi connectivity index (χ2n) is 6.20. The van der Waals surface area contributed by atoms with Crippen molar-refractivity contribution in [2.75, 3.05) is 27.3 Å². The van der Waals surface area contributed by atoms with Crippen molar-refractivity contribution in [3.63, 3.8) is 0 Å². The Hall–Kier alpha value is -1.84. The topological polar surface area (TPSA) is 106 Å². The fourth-order valence-electron chi connectivity index (χ4n) is 1.80. The van der Waals surface area contributed by atoms with E-state index in [1.807, 2.05) is 20.8 Å². The standard InChI is InChI=1S/C10H18N2O3.C4H8N2O2/c1-7(15-10(2,3)4)11-8-6-14-12(5)9(8)13;1-6-4(7)3(5)2-8-6/h8,11H,1,6H2,2-5H3;3H,2,5H2,1H3. The van der Waals surface area contributed by atoms with Gasteiger partial charge in [0.1, 0.15) is 24.3 Å². The predicted molar refractivity (Wildman–Crippen MR) is 82.3 cm³/mol. The minimum absolute atomic E-state index is 0.117. The van der Waals surface area contributed by atoms with Crippen LogP contribution in [-0.4, -0.2) is 66.9 Å². The minimum Gasteiger partial charge on any atom is -0.474 e. The van der Waals surface area contributed by atoms with Crippen LogP contribution in [0, 0.1) is 0 Å². The highest BCUT2D eigenvalue weighted by molar-refractivity contribution is 5.82. The Labute approximate surface area is 136 Å². The first-order chi connectivity index (χ1) is 10.5. The molecule has 3 N–H and O–H groups in total. The number of nitrogens with two attached hydrogens (primary N) is 1. The van der Waals surface area contributed by atoms with Gasteiger partial charge in [-0.15, -0.1) is 0 Å². The van der Waals surface area contributed by atoms with Gasteiger partial charge in [-0.3, -0.25) is 19.3 Å². The molecule has 0 aromatic rings. The van der Waals surface area contributed by atoms with Crippen LogP contribution in [0.5, 0.6) is 0 Å². The number of likely N-dealkylation sites (N-methyl/N-ethyl adjacent to an activating group) is 2. The quantitative estimate of drug-likeness (QED) is 0.662. The van der Waals surface area contributed by atoms with E-state index in [9.17, 15) is 9.59 Å². The summed E-state index contributed by atoms with van der Waals surface area (Å²) in [6.45, 7) is 10.1. The molecular formula is C14H26N4O5. The molecular weight excluding hydrogens is 304 g/mol. The average molecular weight is 330 g/mol. The molecule has 23 heavy (non-hydrogen) atoms. The lowest BCUT2D eigenvalue weighted by atomic mass is 10.2. The molecule has 2 aliphatic heterocycles. The van der Waals surface area contributed by atoms with Gasteiger partial charge in [0.15, 0.2) is 5.88 Å². The van der Waals surface area contributed by atoms with E-state index < -0.39 is 12.1 Å². The summed E-state index contributed by atoms with van der Waals surface area (Å²) in [4.78, 5) is 31.8. The molecule has 0 aliphatic carbocycles. The molecule has 2 heterocycles. The lowest BCUT2D eigenvalue weighted by Crippen LogP contribution is -2.39. The summed E-state index contributed by atoms with van der Waals surface area (Å²) < 4.78 is 5.45. The molecule has 2 atom stereocenters. The van der Waals surface area contributed by atoms with Crippen molar-refractivity contribution in [1.82, 2.24) is 15.4 Å². The highest BCUT2D eigenvalue weighted by Crippen LogP contribution is 2.13. The molecule has 2 aliphatic rings. The first-order valence-corrected chi connectivity index (χ1v) is 7.22. The number of nitrogens with zero attached hydrogens (tertiary/aromatic N) is 2. The fraction of sp³-hybridized carbons (Fsp3) is 0.714. The minimum atomic E-state index is -0.444. The van der Waals surface area contributed by atoms with E-state index in [-0.39, 0.29) is 17.4 Å². The van der Waals surface area contributed by atoms with Crippen molar-refractivity contribution in [3.8, 4) is 0 Å². The first-order valence-electron chi connectivity index (χ1n) is 7.22. The van der Waals surface area contributed by atoms with Crippen molar-refractivity contribution in [2.24, 2.45) is 5.73 Å². The predicted octanol–water partition coefficient (Wildman–Crippen LogP) is -0.648. The van der Waals surface area contributed by atoms with E-state index in [1.54, 1.807) is 14.1 Å². The molecule has 132 valence electrons. The van der Waals surface area contributed by atoms with E-state index in [1.165, 1.54) is 5.06 Å². The summed E-state index contributed by atoms with van der Waals surface area (Å²) >= 11 is 0. The zero-order valence-corrected chi connectivity index (χ0v) is 14.3. The smallest absolute Gasteiger partial charge is 0.270 e. The Morgan fingerprint density at radius 1 is 1.22 bits per heavy atom. The number of amides is 2. The summed E-state index contributed by atoms with van der Waals surface area (Å²) in [6.07, 6.45) is 0. The maximum absolute atomic E-state index is 11.4. The van der Waals surface area contributed by atoms with Gasteiger partial charge in [0.2, 0.25) is 0 Å². The second-order valence-corrected chi connectivity index (χ2v) is 6.20. The molecule has 0 aromatic heterocycles. The largest absolute Gasteiger partial charge is 0.474 e. The molecule has 0 aromatic carbocycles. The highest BCUT2D eigenvalue weighted by atomic mass is 16.7. The molecule has 2 amide bonds. The molecule has 9 heteroatoms. The molecule has 0 saturated carbocycles. The normalized spacial score (nSPS) is 24.4. The number of hydrogen-bond acceptors (Lipinski definition) is 7. The molecule has 9 nitrogen and oxygen atoms in total. The average Bonchev–Trinajstić information content (AvgIpc) is 2.88. The van der Waals surface area contributed by atoms with Crippen LogP contribution < -0.4 is 11.1 Å². The third-order valence-electron chi connectivity index (χ3n) is 2.88. The van der Waals surface area contributed by atoms with Gasteiger partial charge in [-0.2, -0.15) is 0 Å². The summed E-state index contributed by atoms with van der Waals surface area (Å²) in [6, 6.07) is -0.843. The van der Waals surface area contributed by atoms with E-state index >= 15 is 0 Å². The highest BCUT2D eigenvalue weighted by Gasteiger charge is 2.31. The summed E-state index contributed by atoms with van der Waals surface area (Å²) in [5, 5.41) is 5.25. The number of ether oxygens (including phenoxy) is 1. The summed E-state index contributed by atoms with van der Waals surface area (Å²) in [5.74, 6) is 0.124. The SMILES string of the molecule is C=C(NC1CON(C)C1=O)OC(C)(C)C.CN1OCC(N)C1=O. The van der Waals surface area contributed by atoms with Crippen LogP contribution in [0.15, 0.2) is 12.5 Å². The van der Waals surface area contributed by atoms with E-state index in [2.05, 4.69) is 11.9 Å². The maximum Gasteiger partial charge on any atom is 0.270 e.